The number of pyridine rings is 1. The van der Waals surface area contributed by atoms with Crippen LogP contribution < -0.4 is 0 Å². The highest BCUT2D eigenvalue weighted by Gasteiger charge is 2.55. The van der Waals surface area contributed by atoms with E-state index in [1.54, 1.807) is 0 Å². The van der Waals surface area contributed by atoms with Crippen LogP contribution in [0.5, 0.6) is 0 Å². The van der Waals surface area contributed by atoms with E-state index in [2.05, 4.69) is 27.9 Å². The zero-order valence-electron chi connectivity index (χ0n) is 14.7. The molecule has 1 amide bonds. The van der Waals surface area contributed by atoms with Gasteiger partial charge < -0.3 is 14.6 Å². The van der Waals surface area contributed by atoms with Crippen molar-refractivity contribution in [2.24, 2.45) is 17.3 Å². The van der Waals surface area contributed by atoms with Gasteiger partial charge in [0.25, 0.3) is 0 Å². The summed E-state index contributed by atoms with van der Waals surface area (Å²) in [6, 6.07) is 6.22. The highest BCUT2D eigenvalue weighted by molar-refractivity contribution is 5.81. The Hall–Kier alpha value is -1.88. The molecule has 5 nitrogen and oxygen atoms in total. The van der Waals surface area contributed by atoms with Crippen LogP contribution in [-0.4, -0.2) is 44.2 Å². The molecule has 5 rings (SSSR count). The molecule has 1 saturated heterocycles. The number of rotatable bonds is 3. The van der Waals surface area contributed by atoms with Crippen molar-refractivity contribution in [3.8, 4) is 0 Å². The minimum Gasteiger partial charge on any atom is -0.390 e. The molecule has 0 aromatic carbocycles. The molecule has 0 radical (unpaired) electrons. The molecule has 1 N–H and O–H groups in total. The van der Waals surface area contributed by atoms with E-state index in [4.69, 9.17) is 0 Å². The van der Waals surface area contributed by atoms with E-state index in [-0.39, 0.29) is 11.8 Å². The molecule has 3 aliphatic rings. The van der Waals surface area contributed by atoms with Gasteiger partial charge in [0.15, 0.2) is 0 Å². The summed E-state index contributed by atoms with van der Waals surface area (Å²) >= 11 is 0. The minimum atomic E-state index is -0.613. The first-order valence-electron chi connectivity index (χ1n) is 9.34. The summed E-state index contributed by atoms with van der Waals surface area (Å²) in [6.07, 6.45) is 7.69. The Morgan fingerprint density at radius 2 is 2.04 bits per heavy atom. The highest BCUT2D eigenvalue weighted by Crippen LogP contribution is 2.53. The average Bonchev–Trinajstić information content (AvgIpc) is 2.88. The molecule has 3 heterocycles. The van der Waals surface area contributed by atoms with Crippen molar-refractivity contribution < 1.29 is 9.90 Å². The largest absolute Gasteiger partial charge is 0.390 e. The van der Waals surface area contributed by atoms with Gasteiger partial charge in [-0.15, -0.1) is 0 Å². The number of nitrogens with zero attached hydrogens (tertiary/aromatic N) is 3. The van der Waals surface area contributed by atoms with Gasteiger partial charge in [-0.25, -0.2) is 4.98 Å². The SMILES string of the molecule is CC1(O)CC(C(=O)N2CC3(CC(Cn4ccc5cccnc54)C3)C2)C1. The third-order valence-corrected chi connectivity index (χ3v) is 6.51. The van der Waals surface area contributed by atoms with E-state index in [1.807, 2.05) is 24.1 Å². The quantitative estimate of drug-likeness (QED) is 0.934. The molecule has 2 aliphatic carbocycles. The predicted molar refractivity (Wildman–Crippen MR) is 94.8 cm³/mol. The standard InChI is InChI=1S/C20H25N3O2/c1-19(25)9-16(10-19)18(24)23-12-20(13-23)7-14(8-20)11-22-6-4-15-3-2-5-21-17(15)22/h2-6,14,16,25H,7-13H2,1H3. The van der Waals surface area contributed by atoms with E-state index >= 15 is 0 Å². The van der Waals surface area contributed by atoms with Crippen LogP contribution in [-0.2, 0) is 11.3 Å². The van der Waals surface area contributed by atoms with Crippen LogP contribution in [0.4, 0.5) is 0 Å². The monoisotopic (exact) mass is 339 g/mol. The van der Waals surface area contributed by atoms with Crippen molar-refractivity contribution in [1.29, 1.82) is 0 Å². The number of hydrogen-bond donors (Lipinski definition) is 1. The van der Waals surface area contributed by atoms with Gasteiger partial charge >= 0.3 is 0 Å². The number of hydrogen-bond acceptors (Lipinski definition) is 3. The number of carbonyl (C=O) groups is 1. The summed E-state index contributed by atoms with van der Waals surface area (Å²) in [5.41, 5.74) is 0.840. The Balaban J connectivity index is 1.14. The van der Waals surface area contributed by atoms with Gasteiger partial charge in [0.2, 0.25) is 5.91 Å². The molecule has 2 aromatic heterocycles. The molecule has 2 aromatic rings. The fourth-order valence-electron chi connectivity index (χ4n) is 5.35. The van der Waals surface area contributed by atoms with Crippen molar-refractivity contribution in [2.75, 3.05) is 13.1 Å². The van der Waals surface area contributed by atoms with Crippen LogP contribution in [0.3, 0.4) is 0 Å². The van der Waals surface area contributed by atoms with Gasteiger partial charge in [0.1, 0.15) is 5.65 Å². The molecule has 3 fully saturated rings. The van der Waals surface area contributed by atoms with Crippen molar-refractivity contribution in [3.63, 3.8) is 0 Å². The lowest BCUT2D eigenvalue weighted by atomic mass is 9.57. The van der Waals surface area contributed by atoms with Crippen LogP contribution in [0.2, 0.25) is 0 Å². The molecule has 0 atom stereocenters. The summed E-state index contributed by atoms with van der Waals surface area (Å²) in [5, 5.41) is 11.0. The number of carbonyl (C=O) groups excluding carboxylic acids is 1. The van der Waals surface area contributed by atoms with E-state index in [0.29, 0.717) is 24.2 Å². The van der Waals surface area contributed by atoms with Crippen molar-refractivity contribution >= 4 is 16.9 Å². The smallest absolute Gasteiger partial charge is 0.225 e. The fourth-order valence-corrected chi connectivity index (χ4v) is 5.35. The molecule has 0 bridgehead atoms. The Labute approximate surface area is 147 Å². The summed E-state index contributed by atoms with van der Waals surface area (Å²) < 4.78 is 2.27. The highest BCUT2D eigenvalue weighted by atomic mass is 16.3. The maximum atomic E-state index is 12.4. The van der Waals surface area contributed by atoms with Gasteiger partial charge in [-0.2, -0.15) is 0 Å². The molecule has 25 heavy (non-hydrogen) atoms. The minimum absolute atomic E-state index is 0.0561. The van der Waals surface area contributed by atoms with Crippen LogP contribution in [0.15, 0.2) is 30.6 Å². The first-order chi connectivity index (χ1) is 11.9. The Bertz CT molecular complexity index is 818. The molecule has 1 spiro atoms. The second-order valence-electron chi connectivity index (χ2n) is 8.96. The number of aromatic nitrogens is 2. The lowest BCUT2D eigenvalue weighted by Gasteiger charge is -2.60. The Morgan fingerprint density at radius 3 is 2.76 bits per heavy atom. The molecule has 132 valence electrons. The first kappa shape index (κ1) is 15.4. The normalized spacial score (nSPS) is 30.8. The number of aliphatic hydroxyl groups is 1. The Kier molecular flexibility index (Phi) is 3.12. The fraction of sp³-hybridized carbons (Fsp3) is 0.600. The lowest BCUT2D eigenvalue weighted by molar-refractivity contribution is -0.171. The molecular weight excluding hydrogens is 314 g/mol. The van der Waals surface area contributed by atoms with Gasteiger partial charge in [0.05, 0.1) is 5.60 Å². The van der Waals surface area contributed by atoms with Crippen molar-refractivity contribution in [2.45, 2.75) is 44.8 Å². The number of fused-ring (bicyclic) bond motifs is 1. The average molecular weight is 339 g/mol. The maximum Gasteiger partial charge on any atom is 0.225 e. The van der Waals surface area contributed by atoms with Crippen molar-refractivity contribution in [3.05, 3.63) is 30.6 Å². The number of amides is 1. The van der Waals surface area contributed by atoms with Crippen LogP contribution in [0.1, 0.15) is 32.6 Å². The Morgan fingerprint density at radius 1 is 1.28 bits per heavy atom. The second kappa shape index (κ2) is 5.07. The first-order valence-corrected chi connectivity index (χ1v) is 9.34. The van der Waals surface area contributed by atoms with Gasteiger partial charge in [0, 0.05) is 48.7 Å². The molecule has 5 heteroatoms. The lowest BCUT2D eigenvalue weighted by Crippen LogP contribution is -2.66. The summed E-state index contributed by atoms with van der Waals surface area (Å²) in [5.74, 6) is 1.01. The van der Waals surface area contributed by atoms with Gasteiger partial charge in [-0.05, 0) is 56.7 Å². The van der Waals surface area contributed by atoms with E-state index in [1.165, 1.54) is 18.2 Å². The summed E-state index contributed by atoms with van der Waals surface area (Å²) in [6.45, 7) is 4.70. The van der Waals surface area contributed by atoms with Crippen LogP contribution >= 0.6 is 0 Å². The zero-order chi connectivity index (χ0) is 17.2. The van der Waals surface area contributed by atoms with Crippen molar-refractivity contribution in [1.82, 2.24) is 14.5 Å². The predicted octanol–water partition coefficient (Wildman–Crippen LogP) is 2.44. The summed E-state index contributed by atoms with van der Waals surface area (Å²) in [4.78, 5) is 18.9. The van der Waals surface area contributed by atoms with E-state index < -0.39 is 5.60 Å². The third-order valence-electron chi connectivity index (χ3n) is 6.51. The second-order valence-corrected chi connectivity index (χ2v) is 8.96. The molecule has 1 aliphatic heterocycles. The maximum absolute atomic E-state index is 12.4. The van der Waals surface area contributed by atoms with Crippen LogP contribution in [0, 0.1) is 17.3 Å². The zero-order valence-corrected chi connectivity index (χ0v) is 14.7. The number of likely N-dealkylation sites (tertiary alicyclic amines) is 1. The van der Waals surface area contributed by atoms with Gasteiger partial charge in [-0.1, -0.05) is 0 Å². The third kappa shape index (κ3) is 2.48. The summed E-state index contributed by atoms with van der Waals surface area (Å²) in [7, 11) is 0. The molecular formula is C20H25N3O2. The van der Waals surface area contributed by atoms with Gasteiger partial charge in [-0.3, -0.25) is 4.79 Å². The molecule has 2 saturated carbocycles. The van der Waals surface area contributed by atoms with E-state index in [9.17, 15) is 9.90 Å². The molecule has 0 unspecified atom stereocenters. The van der Waals surface area contributed by atoms with E-state index in [0.717, 1.165) is 25.3 Å². The van der Waals surface area contributed by atoms with Crippen LogP contribution in [0.25, 0.3) is 11.0 Å². The topological polar surface area (TPSA) is 58.4 Å².